The topological polar surface area (TPSA) is 299 Å². The second-order valence-electron chi connectivity index (χ2n) is 6.65. The Balaban J connectivity index is 1.78. The molecule has 0 aliphatic carbocycles. The van der Waals surface area contributed by atoms with E-state index >= 15 is 0 Å². The van der Waals surface area contributed by atoms with Crippen LogP contribution in [0.2, 0.25) is 0 Å². The fraction of sp³-hybridized carbons (Fsp3) is 0.545. The van der Waals surface area contributed by atoms with Crippen molar-refractivity contribution in [1.29, 1.82) is 0 Å². The normalized spacial score (nSPS) is 28.5. The highest BCUT2D eigenvalue weighted by atomic mass is 31.3. The van der Waals surface area contributed by atoms with E-state index in [1.807, 2.05) is 0 Å². The number of phosphoric ester groups is 1. The van der Waals surface area contributed by atoms with Crippen LogP contribution in [-0.4, -0.2) is 73.7 Å². The number of anilines is 1. The molecule has 1 aliphatic heterocycles. The van der Waals surface area contributed by atoms with Crippen molar-refractivity contribution in [2.24, 2.45) is 0 Å². The van der Waals surface area contributed by atoms with E-state index < -0.39 is 59.7 Å². The molecule has 33 heavy (non-hydrogen) atoms. The van der Waals surface area contributed by atoms with Crippen LogP contribution in [0.25, 0.3) is 11.2 Å². The van der Waals surface area contributed by atoms with Crippen LogP contribution in [0.5, 0.6) is 0 Å². The third-order valence-corrected chi connectivity index (χ3v) is 8.10. The smallest absolute Gasteiger partial charge is 0.387 e. The van der Waals surface area contributed by atoms with E-state index in [9.17, 15) is 38.5 Å². The van der Waals surface area contributed by atoms with E-state index in [1.54, 1.807) is 0 Å². The van der Waals surface area contributed by atoms with Gasteiger partial charge in [0.05, 0.1) is 12.4 Å². The van der Waals surface area contributed by atoms with Gasteiger partial charge in [-0.3, -0.25) is 18.9 Å². The first-order chi connectivity index (χ1) is 15.0. The number of aliphatic hydroxyl groups is 2. The van der Waals surface area contributed by atoms with E-state index in [-0.39, 0.29) is 17.1 Å². The summed E-state index contributed by atoms with van der Waals surface area (Å²) in [7, 11) is -16.9. The Morgan fingerprint density at radius 1 is 1.15 bits per heavy atom. The molecule has 2 aromatic rings. The van der Waals surface area contributed by atoms with Gasteiger partial charge in [0.2, 0.25) is 5.95 Å². The molecule has 3 heterocycles. The number of nitrogens with one attached hydrogen (secondary N) is 1. The van der Waals surface area contributed by atoms with Crippen LogP contribution in [0, 0.1) is 0 Å². The Labute approximate surface area is 182 Å². The monoisotopic (exact) mass is 537 g/mol. The fourth-order valence-electron chi connectivity index (χ4n) is 3.00. The highest BCUT2D eigenvalue weighted by Crippen LogP contribution is 2.66. The average molecular weight is 537 g/mol. The lowest BCUT2D eigenvalue weighted by molar-refractivity contribution is -0.0755. The molecule has 19 nitrogen and oxygen atoms in total. The number of fused-ring (bicyclic) bond motifs is 1. The van der Waals surface area contributed by atoms with Gasteiger partial charge in [-0.2, -0.15) is 13.6 Å². The Morgan fingerprint density at radius 3 is 2.39 bits per heavy atom. The summed E-state index contributed by atoms with van der Waals surface area (Å²) in [5, 5.41) is 20.7. The van der Waals surface area contributed by atoms with E-state index in [0.717, 1.165) is 17.8 Å². The number of phosphoric acid groups is 3. The zero-order valence-corrected chi connectivity index (χ0v) is 18.9. The van der Waals surface area contributed by atoms with E-state index in [1.165, 1.54) is 0 Å². The molecule has 0 saturated carbocycles. The molecule has 0 aromatic carbocycles. The maximum Gasteiger partial charge on any atom is 0.490 e. The van der Waals surface area contributed by atoms with Crippen LogP contribution in [-0.2, 0) is 31.6 Å². The van der Waals surface area contributed by atoms with Gasteiger partial charge in [0.25, 0.3) is 5.56 Å². The van der Waals surface area contributed by atoms with E-state index in [0.29, 0.717) is 0 Å². The first-order valence-electron chi connectivity index (χ1n) is 8.56. The quantitative estimate of drug-likeness (QED) is 0.170. The number of nitrogens with zero attached hydrogens (tertiary/aromatic N) is 3. The minimum atomic E-state index is -5.76. The van der Waals surface area contributed by atoms with Gasteiger partial charge in [-0.05, 0) is 6.92 Å². The summed E-state index contributed by atoms with van der Waals surface area (Å²) in [5.74, 6) is -0.278. The van der Waals surface area contributed by atoms with E-state index in [2.05, 4.69) is 28.1 Å². The third-order valence-electron chi connectivity index (χ3n) is 4.18. The molecule has 1 fully saturated rings. The Bertz CT molecular complexity index is 1240. The molecule has 186 valence electrons. The lowest BCUT2D eigenvalue weighted by Crippen LogP contribution is -2.38. The summed E-state index contributed by atoms with van der Waals surface area (Å²) >= 11 is 0. The summed E-state index contributed by atoms with van der Waals surface area (Å²) in [6.45, 7) is 1.05. The number of nitrogens with two attached hydrogens (primary N) is 1. The second-order valence-corrected chi connectivity index (χ2v) is 11.0. The molecule has 9 N–H and O–H groups in total. The summed E-state index contributed by atoms with van der Waals surface area (Å²) in [6.07, 6.45) is -7.04. The Kier molecular flexibility index (Phi) is 7.03. The summed E-state index contributed by atoms with van der Waals surface area (Å²) in [4.78, 5) is 57.7. The molecule has 0 spiro atoms. The highest BCUT2D eigenvalue weighted by molar-refractivity contribution is 7.66. The number of aromatic amines is 1. The highest BCUT2D eigenvalue weighted by Gasteiger charge is 2.49. The molecule has 0 radical (unpaired) electrons. The number of rotatable bonds is 8. The second kappa shape index (κ2) is 8.90. The molecule has 3 rings (SSSR count). The van der Waals surface area contributed by atoms with Crippen LogP contribution in [0.3, 0.4) is 0 Å². The SMILES string of the molecule is C[C@@H](OP(=O)(O)OP(=O)(O)OP(=O)(O)O)[C@H]1O[C@@H](n2cnc3c(=O)[nH]c(N)nc32)C(O)[C@H]1O. The van der Waals surface area contributed by atoms with Gasteiger partial charge >= 0.3 is 23.5 Å². The largest absolute Gasteiger partial charge is 0.490 e. The molecule has 0 bridgehead atoms. The molecule has 1 saturated heterocycles. The molecular weight excluding hydrogens is 519 g/mol. The standard InChI is InChI=1S/C11H18N5O14P3/c1-3(28-32(23,24)30-33(25,26)29-31(20,21)22)7-5(17)6(18)10(27-7)16-2-13-4-8(16)14-11(12)15-9(4)19/h2-3,5-7,10,17-18H,1H3,(H,23,24)(H,25,26)(H2,20,21,22)(H3,12,14,15,19)/t3-,5-,6?,7-,10-/m1/s1. The minimum Gasteiger partial charge on any atom is -0.387 e. The van der Waals surface area contributed by atoms with Crippen molar-refractivity contribution < 1.29 is 61.4 Å². The van der Waals surface area contributed by atoms with Crippen molar-refractivity contribution in [2.45, 2.75) is 37.6 Å². The number of H-pyrrole nitrogens is 1. The zero-order chi connectivity index (χ0) is 24.9. The molecule has 3 unspecified atom stereocenters. The third kappa shape index (κ3) is 5.93. The van der Waals surface area contributed by atoms with Gasteiger partial charge in [0, 0.05) is 0 Å². The Morgan fingerprint density at radius 2 is 1.79 bits per heavy atom. The number of nitrogen functional groups attached to an aromatic ring is 1. The van der Waals surface area contributed by atoms with Gasteiger partial charge in [-0.1, -0.05) is 0 Å². The van der Waals surface area contributed by atoms with Crippen LogP contribution >= 0.6 is 23.5 Å². The van der Waals surface area contributed by atoms with Gasteiger partial charge in [0.15, 0.2) is 17.4 Å². The van der Waals surface area contributed by atoms with Crippen LogP contribution < -0.4 is 11.3 Å². The average Bonchev–Trinajstić information content (AvgIpc) is 3.13. The Hall–Kier alpha value is -1.56. The number of ether oxygens (including phenoxy) is 1. The van der Waals surface area contributed by atoms with Crippen LogP contribution in [0.4, 0.5) is 5.95 Å². The fourth-order valence-corrected chi connectivity index (χ4v) is 6.20. The predicted molar refractivity (Wildman–Crippen MR) is 103 cm³/mol. The van der Waals surface area contributed by atoms with Crippen molar-refractivity contribution in [1.82, 2.24) is 19.5 Å². The summed E-state index contributed by atoms with van der Waals surface area (Å²) in [6, 6.07) is 0. The van der Waals surface area contributed by atoms with Gasteiger partial charge < -0.3 is 40.3 Å². The minimum absolute atomic E-state index is 0.117. The summed E-state index contributed by atoms with van der Waals surface area (Å²) in [5.41, 5.74) is 4.51. The van der Waals surface area contributed by atoms with Crippen LogP contribution in [0.15, 0.2) is 11.1 Å². The van der Waals surface area contributed by atoms with Crippen LogP contribution in [0.1, 0.15) is 13.2 Å². The van der Waals surface area contributed by atoms with Gasteiger partial charge in [-0.15, -0.1) is 0 Å². The summed E-state index contributed by atoms with van der Waals surface area (Å²) < 4.78 is 52.4. The molecule has 2 aromatic heterocycles. The number of imidazole rings is 1. The first-order valence-corrected chi connectivity index (χ1v) is 13.1. The van der Waals surface area contributed by atoms with E-state index in [4.69, 9.17) is 20.3 Å². The van der Waals surface area contributed by atoms with Crippen molar-refractivity contribution in [3.8, 4) is 0 Å². The number of hydrogen-bond donors (Lipinski definition) is 8. The molecule has 1 aliphatic rings. The first kappa shape index (κ1) is 26.1. The molecule has 0 amide bonds. The number of aliphatic hydroxyl groups excluding tert-OH is 2. The molecular formula is C11H18N5O14P3. The van der Waals surface area contributed by atoms with Crippen molar-refractivity contribution >= 4 is 40.6 Å². The maximum absolute atomic E-state index is 12.0. The van der Waals surface area contributed by atoms with Crippen molar-refractivity contribution in [3.05, 3.63) is 16.7 Å². The maximum atomic E-state index is 12.0. The van der Waals surface area contributed by atoms with Gasteiger partial charge in [0.1, 0.15) is 18.3 Å². The number of aromatic nitrogens is 4. The van der Waals surface area contributed by atoms with Crippen molar-refractivity contribution in [3.63, 3.8) is 0 Å². The molecule has 7 atom stereocenters. The van der Waals surface area contributed by atoms with Gasteiger partial charge in [-0.25, -0.2) is 18.7 Å². The predicted octanol–water partition coefficient (Wildman–Crippen LogP) is -1.95. The lowest BCUT2D eigenvalue weighted by atomic mass is 10.1. The van der Waals surface area contributed by atoms with Crippen molar-refractivity contribution in [2.75, 3.05) is 5.73 Å². The lowest BCUT2D eigenvalue weighted by Gasteiger charge is -2.24. The number of hydrogen-bond acceptors (Lipinski definition) is 13. The molecule has 22 heteroatoms. The zero-order valence-electron chi connectivity index (χ0n) is 16.2.